The molecule has 2 rings (SSSR count). The Balaban J connectivity index is 2.05. The summed E-state index contributed by atoms with van der Waals surface area (Å²) in [6.45, 7) is 1.39. The van der Waals surface area contributed by atoms with Crippen molar-refractivity contribution >= 4 is 23.6 Å². The molecule has 7 heteroatoms. The highest BCUT2D eigenvalue weighted by Crippen LogP contribution is 2.26. The number of carbonyl (C=O) groups is 2. The van der Waals surface area contributed by atoms with Crippen LogP contribution in [0.1, 0.15) is 21.8 Å². The van der Waals surface area contributed by atoms with Crippen LogP contribution in [0.25, 0.3) is 0 Å². The van der Waals surface area contributed by atoms with E-state index >= 15 is 0 Å². The predicted octanol–water partition coefficient (Wildman–Crippen LogP) is 1.92. The van der Waals surface area contributed by atoms with E-state index in [2.05, 4.69) is 5.16 Å². The van der Waals surface area contributed by atoms with Crippen molar-refractivity contribution in [2.75, 3.05) is 6.61 Å². The molecule has 21 heavy (non-hydrogen) atoms. The number of benzene rings is 1. The van der Waals surface area contributed by atoms with E-state index in [1.54, 1.807) is 18.2 Å². The highest BCUT2D eigenvalue weighted by atomic mass is 32.2. The Morgan fingerprint density at radius 2 is 2.14 bits per heavy atom. The van der Waals surface area contributed by atoms with Crippen LogP contribution in [0.4, 0.5) is 0 Å². The SMILES string of the molecule is Cc1cc(CSc2ccccc2C(=O)OCC(N)=O)no1. The Bertz CT molecular complexity index is 654. The lowest BCUT2D eigenvalue weighted by atomic mass is 10.2. The Morgan fingerprint density at radius 1 is 1.38 bits per heavy atom. The van der Waals surface area contributed by atoms with Crippen LogP contribution < -0.4 is 5.73 Å². The predicted molar refractivity (Wildman–Crippen MR) is 76.7 cm³/mol. The molecule has 0 aliphatic rings. The first-order valence-corrected chi connectivity index (χ1v) is 7.14. The van der Waals surface area contributed by atoms with E-state index in [1.165, 1.54) is 11.8 Å². The van der Waals surface area contributed by atoms with E-state index in [4.69, 9.17) is 15.0 Å². The lowest BCUT2D eigenvalue weighted by Crippen LogP contribution is -2.21. The maximum Gasteiger partial charge on any atom is 0.339 e. The molecule has 2 aromatic rings. The number of aromatic nitrogens is 1. The zero-order valence-electron chi connectivity index (χ0n) is 11.4. The second-order valence-electron chi connectivity index (χ2n) is 4.26. The number of aryl methyl sites for hydroxylation is 1. The summed E-state index contributed by atoms with van der Waals surface area (Å²) in [5.74, 6) is 0.0387. The number of nitrogens with two attached hydrogens (primary N) is 1. The maximum atomic E-state index is 11.9. The summed E-state index contributed by atoms with van der Waals surface area (Å²) in [5, 5.41) is 3.89. The lowest BCUT2D eigenvalue weighted by Gasteiger charge is -2.07. The van der Waals surface area contributed by atoms with Gasteiger partial charge in [-0.1, -0.05) is 17.3 Å². The summed E-state index contributed by atoms with van der Waals surface area (Å²) in [7, 11) is 0. The third-order valence-corrected chi connectivity index (χ3v) is 3.61. The van der Waals surface area contributed by atoms with Gasteiger partial charge in [0.25, 0.3) is 5.91 Å². The molecule has 0 saturated heterocycles. The van der Waals surface area contributed by atoms with Gasteiger partial charge in [-0.15, -0.1) is 11.8 Å². The first kappa shape index (κ1) is 15.1. The Kier molecular flexibility index (Phi) is 4.99. The van der Waals surface area contributed by atoms with E-state index in [0.29, 0.717) is 11.3 Å². The number of nitrogens with zero attached hydrogens (tertiary/aromatic N) is 1. The highest BCUT2D eigenvalue weighted by molar-refractivity contribution is 7.98. The quantitative estimate of drug-likeness (QED) is 0.647. The first-order valence-electron chi connectivity index (χ1n) is 6.15. The number of thioether (sulfide) groups is 1. The monoisotopic (exact) mass is 306 g/mol. The molecule has 0 saturated carbocycles. The summed E-state index contributed by atoms with van der Waals surface area (Å²) < 4.78 is 9.81. The fraction of sp³-hybridized carbons (Fsp3) is 0.214. The molecule has 0 spiro atoms. The molecule has 0 radical (unpaired) electrons. The van der Waals surface area contributed by atoms with Gasteiger partial charge in [0.05, 0.1) is 11.3 Å². The molecule has 1 amide bonds. The van der Waals surface area contributed by atoms with Crippen LogP contribution in [0.2, 0.25) is 0 Å². The average molecular weight is 306 g/mol. The molecule has 110 valence electrons. The number of amides is 1. The molecule has 0 bridgehead atoms. The second-order valence-corrected chi connectivity index (χ2v) is 5.27. The summed E-state index contributed by atoms with van der Waals surface area (Å²) in [5.41, 5.74) is 6.14. The fourth-order valence-electron chi connectivity index (χ4n) is 1.61. The minimum atomic E-state index is -0.688. The number of primary amides is 1. The standard InChI is InChI=1S/C14H14N2O4S/c1-9-6-10(16-20-9)8-21-12-5-3-2-4-11(12)14(18)19-7-13(15)17/h2-6H,7-8H2,1H3,(H2,15,17). The average Bonchev–Trinajstić information content (AvgIpc) is 2.88. The van der Waals surface area contributed by atoms with Gasteiger partial charge in [-0.05, 0) is 19.1 Å². The summed E-state index contributed by atoms with van der Waals surface area (Å²) in [6.07, 6.45) is 0. The van der Waals surface area contributed by atoms with E-state index in [1.807, 2.05) is 19.1 Å². The second kappa shape index (κ2) is 6.94. The van der Waals surface area contributed by atoms with Gasteiger partial charge in [0, 0.05) is 16.7 Å². The number of ether oxygens (including phenoxy) is 1. The maximum absolute atomic E-state index is 11.9. The Morgan fingerprint density at radius 3 is 2.81 bits per heavy atom. The highest BCUT2D eigenvalue weighted by Gasteiger charge is 2.14. The third-order valence-electron chi connectivity index (χ3n) is 2.50. The van der Waals surface area contributed by atoms with Crippen molar-refractivity contribution in [3.8, 4) is 0 Å². The number of hydrogen-bond donors (Lipinski definition) is 1. The van der Waals surface area contributed by atoms with Crippen LogP contribution in [-0.2, 0) is 15.3 Å². The van der Waals surface area contributed by atoms with Crippen LogP contribution in [0.3, 0.4) is 0 Å². The van der Waals surface area contributed by atoms with Gasteiger partial charge in [0.1, 0.15) is 5.76 Å². The third kappa shape index (κ3) is 4.35. The molecule has 0 atom stereocenters. The zero-order valence-corrected chi connectivity index (χ0v) is 12.2. The van der Waals surface area contributed by atoms with Crippen molar-refractivity contribution in [1.29, 1.82) is 0 Å². The molecule has 0 unspecified atom stereocenters. The van der Waals surface area contributed by atoms with Crippen LogP contribution in [0, 0.1) is 6.92 Å². The van der Waals surface area contributed by atoms with Crippen LogP contribution in [0.5, 0.6) is 0 Å². The van der Waals surface area contributed by atoms with E-state index < -0.39 is 18.5 Å². The molecule has 1 aromatic carbocycles. The Labute approximate surface area is 125 Å². The molecular formula is C14H14N2O4S. The molecule has 6 nitrogen and oxygen atoms in total. The topological polar surface area (TPSA) is 95.4 Å². The van der Waals surface area contributed by atoms with E-state index in [-0.39, 0.29) is 0 Å². The molecule has 2 N–H and O–H groups in total. The van der Waals surface area contributed by atoms with Gasteiger partial charge in [0.2, 0.25) is 0 Å². The minimum Gasteiger partial charge on any atom is -0.452 e. The van der Waals surface area contributed by atoms with Crippen molar-refractivity contribution in [3.63, 3.8) is 0 Å². The summed E-state index contributed by atoms with van der Waals surface area (Å²) in [4.78, 5) is 23.3. The number of esters is 1. The van der Waals surface area contributed by atoms with Gasteiger partial charge >= 0.3 is 5.97 Å². The van der Waals surface area contributed by atoms with Gasteiger partial charge in [0.15, 0.2) is 6.61 Å². The smallest absolute Gasteiger partial charge is 0.339 e. The minimum absolute atomic E-state index is 0.393. The van der Waals surface area contributed by atoms with Crippen molar-refractivity contribution < 1.29 is 18.8 Å². The molecule has 1 aromatic heterocycles. The van der Waals surface area contributed by atoms with Crippen LogP contribution >= 0.6 is 11.8 Å². The summed E-state index contributed by atoms with van der Waals surface area (Å²) in [6, 6.07) is 8.83. The zero-order chi connectivity index (χ0) is 15.2. The van der Waals surface area contributed by atoms with Gasteiger partial charge in [-0.3, -0.25) is 4.79 Å². The number of carbonyl (C=O) groups excluding carboxylic acids is 2. The normalized spacial score (nSPS) is 10.3. The van der Waals surface area contributed by atoms with Crippen molar-refractivity contribution in [2.45, 2.75) is 17.6 Å². The van der Waals surface area contributed by atoms with E-state index in [9.17, 15) is 9.59 Å². The molecule has 0 fully saturated rings. The van der Waals surface area contributed by atoms with Crippen molar-refractivity contribution in [2.24, 2.45) is 5.73 Å². The lowest BCUT2D eigenvalue weighted by molar-refractivity contribution is -0.121. The van der Waals surface area contributed by atoms with Gasteiger partial charge in [-0.25, -0.2) is 4.79 Å². The molecule has 1 heterocycles. The van der Waals surface area contributed by atoms with Crippen molar-refractivity contribution in [1.82, 2.24) is 5.16 Å². The molecular weight excluding hydrogens is 292 g/mol. The van der Waals surface area contributed by atoms with E-state index in [0.717, 1.165) is 16.3 Å². The number of hydrogen-bond acceptors (Lipinski definition) is 6. The fourth-order valence-corrected chi connectivity index (χ4v) is 2.53. The first-order chi connectivity index (χ1) is 10.1. The molecule has 0 aliphatic heterocycles. The largest absolute Gasteiger partial charge is 0.452 e. The van der Waals surface area contributed by atoms with Gasteiger partial charge < -0.3 is 15.0 Å². The van der Waals surface area contributed by atoms with Crippen LogP contribution in [-0.4, -0.2) is 23.6 Å². The van der Waals surface area contributed by atoms with Crippen LogP contribution in [0.15, 0.2) is 39.8 Å². The number of rotatable bonds is 6. The van der Waals surface area contributed by atoms with Crippen molar-refractivity contribution in [3.05, 3.63) is 47.3 Å². The summed E-state index contributed by atoms with van der Waals surface area (Å²) >= 11 is 1.44. The molecule has 0 aliphatic carbocycles. The van der Waals surface area contributed by atoms with Gasteiger partial charge in [-0.2, -0.15) is 0 Å². The Hall–Kier alpha value is -2.28.